The van der Waals surface area contributed by atoms with Crippen LogP contribution in [-0.2, 0) is 16.0 Å². The number of rotatable bonds is 5. The SMILES string of the molecule is CCOc1ccc2[nH]cc(CC(C)C(=O)OC)c2c1. The molecule has 1 heterocycles. The molecule has 4 heteroatoms. The lowest BCUT2D eigenvalue weighted by Gasteiger charge is -2.08. The van der Waals surface area contributed by atoms with Crippen molar-refractivity contribution in [1.82, 2.24) is 4.98 Å². The van der Waals surface area contributed by atoms with Gasteiger partial charge in [-0.1, -0.05) is 6.92 Å². The van der Waals surface area contributed by atoms with Gasteiger partial charge < -0.3 is 14.5 Å². The molecule has 1 unspecified atom stereocenters. The standard InChI is InChI=1S/C15H19NO3/c1-4-19-12-5-6-14-13(8-12)11(9-16-14)7-10(2)15(17)18-3/h5-6,8-10,16H,4,7H2,1-3H3. The summed E-state index contributed by atoms with van der Waals surface area (Å²) in [6.07, 6.45) is 2.60. The van der Waals surface area contributed by atoms with Gasteiger partial charge in [0.05, 0.1) is 19.6 Å². The molecule has 0 spiro atoms. The van der Waals surface area contributed by atoms with Crippen molar-refractivity contribution in [3.8, 4) is 5.75 Å². The van der Waals surface area contributed by atoms with Crippen LogP contribution in [0, 0.1) is 5.92 Å². The first kappa shape index (κ1) is 13.5. The Morgan fingerprint density at radius 3 is 2.89 bits per heavy atom. The second kappa shape index (κ2) is 5.78. The summed E-state index contributed by atoms with van der Waals surface area (Å²) >= 11 is 0. The maximum absolute atomic E-state index is 11.5. The zero-order chi connectivity index (χ0) is 13.8. The highest BCUT2D eigenvalue weighted by atomic mass is 16.5. The highest BCUT2D eigenvalue weighted by Crippen LogP contribution is 2.25. The van der Waals surface area contributed by atoms with Gasteiger partial charge in [0, 0.05) is 17.1 Å². The van der Waals surface area contributed by atoms with E-state index < -0.39 is 0 Å². The first-order valence-electron chi connectivity index (χ1n) is 6.46. The van der Waals surface area contributed by atoms with Crippen molar-refractivity contribution in [2.75, 3.05) is 13.7 Å². The second-order valence-electron chi connectivity index (χ2n) is 4.58. The van der Waals surface area contributed by atoms with Gasteiger partial charge in [-0.3, -0.25) is 4.79 Å². The molecular formula is C15H19NO3. The van der Waals surface area contributed by atoms with Crippen molar-refractivity contribution in [3.63, 3.8) is 0 Å². The smallest absolute Gasteiger partial charge is 0.308 e. The molecule has 1 atom stereocenters. The van der Waals surface area contributed by atoms with Gasteiger partial charge >= 0.3 is 5.97 Å². The van der Waals surface area contributed by atoms with Crippen LogP contribution < -0.4 is 4.74 Å². The van der Waals surface area contributed by atoms with Gasteiger partial charge in [-0.25, -0.2) is 0 Å². The van der Waals surface area contributed by atoms with Gasteiger partial charge in [0.15, 0.2) is 0 Å². The Morgan fingerprint density at radius 2 is 2.21 bits per heavy atom. The minimum atomic E-state index is -0.185. The summed E-state index contributed by atoms with van der Waals surface area (Å²) in [5.74, 6) is 0.511. The van der Waals surface area contributed by atoms with E-state index in [0.717, 1.165) is 22.2 Å². The minimum absolute atomic E-state index is 0.153. The van der Waals surface area contributed by atoms with Gasteiger partial charge in [-0.2, -0.15) is 0 Å². The van der Waals surface area contributed by atoms with Crippen molar-refractivity contribution in [3.05, 3.63) is 30.0 Å². The highest BCUT2D eigenvalue weighted by molar-refractivity contribution is 5.85. The van der Waals surface area contributed by atoms with Crippen LogP contribution in [0.1, 0.15) is 19.4 Å². The van der Waals surface area contributed by atoms with Crippen molar-refractivity contribution in [2.45, 2.75) is 20.3 Å². The molecule has 2 rings (SSSR count). The number of aromatic nitrogens is 1. The lowest BCUT2D eigenvalue weighted by Crippen LogP contribution is -2.14. The van der Waals surface area contributed by atoms with Crippen LogP contribution in [0.25, 0.3) is 10.9 Å². The number of hydrogen-bond acceptors (Lipinski definition) is 3. The lowest BCUT2D eigenvalue weighted by molar-refractivity contribution is -0.144. The first-order chi connectivity index (χ1) is 9.15. The molecule has 0 bridgehead atoms. The number of ether oxygens (including phenoxy) is 2. The Labute approximate surface area is 112 Å². The Hall–Kier alpha value is -1.97. The van der Waals surface area contributed by atoms with E-state index >= 15 is 0 Å². The maximum Gasteiger partial charge on any atom is 0.308 e. The Kier molecular flexibility index (Phi) is 4.10. The van der Waals surface area contributed by atoms with Crippen LogP contribution >= 0.6 is 0 Å². The number of H-pyrrole nitrogens is 1. The molecule has 0 fully saturated rings. The van der Waals surface area contributed by atoms with Crippen molar-refractivity contribution >= 4 is 16.9 Å². The molecule has 0 amide bonds. The fourth-order valence-electron chi connectivity index (χ4n) is 2.20. The highest BCUT2D eigenvalue weighted by Gasteiger charge is 2.16. The lowest BCUT2D eigenvalue weighted by atomic mass is 10.0. The summed E-state index contributed by atoms with van der Waals surface area (Å²) < 4.78 is 10.3. The van der Waals surface area contributed by atoms with Gasteiger partial charge in [0.2, 0.25) is 0 Å². The van der Waals surface area contributed by atoms with E-state index in [2.05, 4.69) is 4.98 Å². The summed E-state index contributed by atoms with van der Waals surface area (Å²) in [5.41, 5.74) is 2.16. The molecule has 0 saturated heterocycles. The maximum atomic E-state index is 11.5. The first-order valence-corrected chi connectivity index (χ1v) is 6.46. The number of aromatic amines is 1. The Balaban J connectivity index is 2.27. The van der Waals surface area contributed by atoms with Crippen LogP contribution in [0.3, 0.4) is 0 Å². The minimum Gasteiger partial charge on any atom is -0.494 e. The third kappa shape index (κ3) is 2.89. The summed E-state index contributed by atoms with van der Waals surface area (Å²) in [7, 11) is 1.42. The van der Waals surface area contributed by atoms with Crippen LogP contribution in [0.2, 0.25) is 0 Å². The van der Waals surface area contributed by atoms with E-state index in [4.69, 9.17) is 9.47 Å². The van der Waals surface area contributed by atoms with E-state index in [1.165, 1.54) is 7.11 Å². The Bertz CT molecular complexity index is 574. The van der Waals surface area contributed by atoms with Gasteiger partial charge in [-0.05, 0) is 37.1 Å². The molecule has 1 aromatic carbocycles. The number of esters is 1. The molecule has 0 radical (unpaired) electrons. The fraction of sp³-hybridized carbons (Fsp3) is 0.400. The molecule has 0 aliphatic carbocycles. The average Bonchev–Trinajstić information content (AvgIpc) is 2.81. The third-order valence-corrected chi connectivity index (χ3v) is 3.18. The molecule has 19 heavy (non-hydrogen) atoms. The normalized spacial score (nSPS) is 12.4. The molecule has 0 saturated carbocycles. The van der Waals surface area contributed by atoms with Crippen LogP contribution in [0.5, 0.6) is 5.75 Å². The molecule has 102 valence electrons. The van der Waals surface area contributed by atoms with E-state index in [-0.39, 0.29) is 11.9 Å². The van der Waals surface area contributed by atoms with Gasteiger partial charge in [0.1, 0.15) is 5.75 Å². The Morgan fingerprint density at radius 1 is 1.42 bits per heavy atom. The number of methoxy groups -OCH3 is 1. The predicted molar refractivity (Wildman–Crippen MR) is 74.4 cm³/mol. The zero-order valence-corrected chi connectivity index (χ0v) is 11.5. The zero-order valence-electron chi connectivity index (χ0n) is 11.5. The molecule has 0 aliphatic heterocycles. The third-order valence-electron chi connectivity index (χ3n) is 3.18. The number of benzene rings is 1. The number of hydrogen-bond donors (Lipinski definition) is 1. The van der Waals surface area contributed by atoms with E-state index in [1.54, 1.807) is 0 Å². The van der Waals surface area contributed by atoms with Crippen LogP contribution in [0.15, 0.2) is 24.4 Å². The largest absolute Gasteiger partial charge is 0.494 e. The molecule has 2 aromatic rings. The second-order valence-corrected chi connectivity index (χ2v) is 4.58. The summed E-state index contributed by atoms with van der Waals surface area (Å²) in [5, 5.41) is 1.10. The van der Waals surface area contributed by atoms with Crippen molar-refractivity contribution in [1.29, 1.82) is 0 Å². The summed E-state index contributed by atoms with van der Waals surface area (Å²) in [6, 6.07) is 5.94. The fourth-order valence-corrected chi connectivity index (χ4v) is 2.20. The molecule has 1 aromatic heterocycles. The average molecular weight is 261 g/mol. The van der Waals surface area contributed by atoms with Crippen LogP contribution in [0.4, 0.5) is 0 Å². The summed E-state index contributed by atoms with van der Waals surface area (Å²) in [4.78, 5) is 14.7. The quantitative estimate of drug-likeness (QED) is 0.842. The number of carbonyl (C=O) groups excluding carboxylic acids is 1. The van der Waals surface area contributed by atoms with Crippen molar-refractivity contribution in [2.24, 2.45) is 5.92 Å². The van der Waals surface area contributed by atoms with Gasteiger partial charge in [-0.15, -0.1) is 0 Å². The molecular weight excluding hydrogens is 242 g/mol. The van der Waals surface area contributed by atoms with E-state index in [1.807, 2.05) is 38.2 Å². The number of fused-ring (bicyclic) bond motifs is 1. The van der Waals surface area contributed by atoms with Gasteiger partial charge in [0.25, 0.3) is 0 Å². The molecule has 4 nitrogen and oxygen atoms in total. The number of nitrogens with one attached hydrogen (secondary N) is 1. The monoisotopic (exact) mass is 261 g/mol. The van der Waals surface area contributed by atoms with E-state index in [9.17, 15) is 4.79 Å². The topological polar surface area (TPSA) is 51.3 Å². The van der Waals surface area contributed by atoms with E-state index in [0.29, 0.717) is 13.0 Å². The summed E-state index contributed by atoms with van der Waals surface area (Å²) in [6.45, 7) is 4.47. The van der Waals surface area contributed by atoms with Crippen LogP contribution in [-0.4, -0.2) is 24.7 Å². The molecule has 1 N–H and O–H groups in total. The predicted octanol–water partition coefficient (Wildman–Crippen LogP) is 2.92. The van der Waals surface area contributed by atoms with Crippen molar-refractivity contribution < 1.29 is 14.3 Å². The molecule has 0 aliphatic rings. The number of carbonyl (C=O) groups is 1.